The van der Waals surface area contributed by atoms with Crippen LogP contribution in [0.2, 0.25) is 0 Å². The molecule has 1 aromatic carbocycles. The maximum absolute atomic E-state index is 10.6. The Balaban J connectivity index is 3.02. The first-order valence-electron chi connectivity index (χ1n) is 4.27. The minimum absolute atomic E-state index is 0.325. The molecule has 0 aliphatic heterocycles. The van der Waals surface area contributed by atoms with Crippen LogP contribution in [0.1, 0.15) is 18.1 Å². The second-order valence-electron chi connectivity index (χ2n) is 3.01. The molecule has 0 bridgehead atoms. The summed E-state index contributed by atoms with van der Waals surface area (Å²) in [6.07, 6.45) is 3.36. The lowest BCUT2D eigenvalue weighted by Crippen LogP contribution is -1.95. The van der Waals surface area contributed by atoms with Gasteiger partial charge in [0.25, 0.3) is 0 Å². The Labute approximate surface area is 83.2 Å². The lowest BCUT2D eigenvalue weighted by Gasteiger charge is -1.97. The Kier molecular flexibility index (Phi) is 3.24. The van der Waals surface area contributed by atoms with Gasteiger partial charge < -0.3 is 5.11 Å². The average molecular weight is 188 g/mol. The van der Waals surface area contributed by atoms with Crippen LogP contribution in [0.4, 0.5) is 0 Å². The van der Waals surface area contributed by atoms with E-state index in [-0.39, 0.29) is 0 Å². The highest BCUT2D eigenvalue weighted by atomic mass is 16.4. The van der Waals surface area contributed by atoms with Crippen molar-refractivity contribution < 1.29 is 9.90 Å². The van der Waals surface area contributed by atoms with Gasteiger partial charge in [0.2, 0.25) is 0 Å². The summed E-state index contributed by atoms with van der Waals surface area (Å²) in [7, 11) is 0. The number of rotatable bonds is 3. The van der Waals surface area contributed by atoms with E-state index >= 15 is 0 Å². The fourth-order valence-corrected chi connectivity index (χ4v) is 1.09. The number of hydrogen-bond donors (Lipinski definition) is 1. The minimum Gasteiger partial charge on any atom is -0.478 e. The average Bonchev–Trinajstić information content (AvgIpc) is 2.18. The van der Waals surface area contributed by atoms with Gasteiger partial charge in [0.1, 0.15) is 0 Å². The molecular formula is C12H12O2. The zero-order valence-corrected chi connectivity index (χ0v) is 8.03. The van der Waals surface area contributed by atoms with Crippen molar-refractivity contribution >= 4 is 18.1 Å². The van der Waals surface area contributed by atoms with Crippen LogP contribution in [0.15, 0.2) is 36.4 Å². The highest BCUT2D eigenvalue weighted by Gasteiger charge is 1.99. The predicted octanol–water partition coefficient (Wildman–Crippen LogP) is 2.82. The van der Waals surface area contributed by atoms with Crippen LogP contribution >= 0.6 is 0 Å². The molecule has 1 aromatic rings. The van der Waals surface area contributed by atoms with Crippen LogP contribution in [-0.4, -0.2) is 11.1 Å². The van der Waals surface area contributed by atoms with Gasteiger partial charge in [0, 0.05) is 5.57 Å². The number of carbonyl (C=O) groups is 1. The van der Waals surface area contributed by atoms with Crippen molar-refractivity contribution in [3.8, 4) is 0 Å². The molecule has 0 spiro atoms. The van der Waals surface area contributed by atoms with E-state index in [4.69, 9.17) is 5.11 Å². The largest absolute Gasteiger partial charge is 0.478 e. The van der Waals surface area contributed by atoms with Gasteiger partial charge in [0.05, 0.1) is 0 Å². The molecule has 2 heteroatoms. The summed E-state index contributed by atoms with van der Waals surface area (Å²) in [5.41, 5.74) is 2.19. The van der Waals surface area contributed by atoms with Crippen LogP contribution in [0, 0.1) is 0 Å². The molecule has 0 aliphatic carbocycles. The van der Waals surface area contributed by atoms with E-state index in [2.05, 4.69) is 6.58 Å². The van der Waals surface area contributed by atoms with Crippen molar-refractivity contribution in [2.75, 3.05) is 0 Å². The quantitative estimate of drug-likeness (QED) is 0.740. The summed E-state index contributed by atoms with van der Waals surface area (Å²) in [5, 5.41) is 8.68. The summed E-state index contributed by atoms with van der Waals surface area (Å²) in [6, 6.07) is 7.54. The summed E-state index contributed by atoms with van der Waals surface area (Å²) in [5.74, 6) is -0.894. The maximum Gasteiger partial charge on any atom is 0.331 e. The van der Waals surface area contributed by atoms with E-state index in [1.165, 1.54) is 0 Å². The molecule has 0 saturated heterocycles. The lowest BCUT2D eigenvalue weighted by atomic mass is 10.1. The van der Waals surface area contributed by atoms with Crippen LogP contribution in [0.5, 0.6) is 0 Å². The van der Waals surface area contributed by atoms with Crippen molar-refractivity contribution in [2.24, 2.45) is 0 Å². The van der Waals surface area contributed by atoms with E-state index in [1.807, 2.05) is 24.3 Å². The molecule has 0 heterocycles. The monoisotopic (exact) mass is 188 g/mol. The van der Waals surface area contributed by atoms with Gasteiger partial charge in [-0.1, -0.05) is 30.9 Å². The molecule has 0 amide bonds. The van der Waals surface area contributed by atoms with Gasteiger partial charge in [0.15, 0.2) is 0 Å². The highest BCUT2D eigenvalue weighted by molar-refractivity contribution is 5.91. The fraction of sp³-hybridized carbons (Fsp3) is 0.0833. The molecule has 1 rings (SSSR count). The molecule has 1 N–H and O–H groups in total. The summed E-state index contributed by atoms with van der Waals surface area (Å²) in [4.78, 5) is 10.6. The molecule has 0 aliphatic rings. The number of carboxylic acids is 1. The molecule has 2 nitrogen and oxygen atoms in total. The molecule has 0 atom stereocenters. The van der Waals surface area contributed by atoms with Crippen molar-refractivity contribution in [3.63, 3.8) is 0 Å². The fourth-order valence-electron chi connectivity index (χ4n) is 1.09. The molecule has 72 valence electrons. The molecule has 0 aromatic heterocycles. The van der Waals surface area contributed by atoms with Crippen LogP contribution in [0.3, 0.4) is 0 Å². The molecule has 14 heavy (non-hydrogen) atoms. The first-order valence-corrected chi connectivity index (χ1v) is 4.27. The number of benzene rings is 1. The summed E-state index contributed by atoms with van der Waals surface area (Å²) in [6.45, 7) is 5.22. The Morgan fingerprint density at radius 1 is 1.43 bits per heavy atom. The summed E-state index contributed by atoms with van der Waals surface area (Å²) >= 11 is 0. The van der Waals surface area contributed by atoms with E-state index in [9.17, 15) is 4.79 Å². The normalized spacial score (nSPS) is 11.1. The first kappa shape index (κ1) is 10.3. The van der Waals surface area contributed by atoms with Gasteiger partial charge in [-0.15, -0.1) is 0 Å². The third-order valence-electron chi connectivity index (χ3n) is 1.87. The zero-order valence-electron chi connectivity index (χ0n) is 8.03. The molecule has 0 saturated carbocycles. The second-order valence-corrected chi connectivity index (χ2v) is 3.01. The van der Waals surface area contributed by atoms with Gasteiger partial charge >= 0.3 is 5.97 Å². The van der Waals surface area contributed by atoms with Gasteiger partial charge in [-0.05, 0) is 30.2 Å². The molecule has 0 fully saturated rings. The van der Waals surface area contributed by atoms with Crippen molar-refractivity contribution in [1.29, 1.82) is 0 Å². The smallest absolute Gasteiger partial charge is 0.331 e. The Morgan fingerprint density at radius 3 is 2.64 bits per heavy atom. The minimum atomic E-state index is -0.894. The van der Waals surface area contributed by atoms with Crippen molar-refractivity contribution in [2.45, 2.75) is 6.92 Å². The van der Waals surface area contributed by atoms with E-state index in [0.717, 1.165) is 11.1 Å². The van der Waals surface area contributed by atoms with Crippen LogP contribution in [-0.2, 0) is 4.79 Å². The third-order valence-corrected chi connectivity index (χ3v) is 1.87. The SMILES string of the molecule is C=Cc1cccc(/C=C(/C)C(=O)O)c1. The number of aliphatic carboxylic acids is 1. The Morgan fingerprint density at radius 2 is 2.07 bits per heavy atom. The topological polar surface area (TPSA) is 37.3 Å². The van der Waals surface area contributed by atoms with Crippen molar-refractivity contribution in [3.05, 3.63) is 47.5 Å². The number of hydrogen-bond acceptors (Lipinski definition) is 1. The zero-order chi connectivity index (χ0) is 10.6. The standard InChI is InChI=1S/C12H12O2/c1-3-10-5-4-6-11(8-10)7-9(2)12(13)14/h3-8H,1H2,2H3,(H,13,14)/b9-7-. The lowest BCUT2D eigenvalue weighted by molar-refractivity contribution is -0.132. The van der Waals surface area contributed by atoms with Crippen LogP contribution in [0.25, 0.3) is 12.2 Å². The van der Waals surface area contributed by atoms with Gasteiger partial charge in [-0.3, -0.25) is 0 Å². The highest BCUT2D eigenvalue weighted by Crippen LogP contribution is 2.10. The molecular weight excluding hydrogens is 176 g/mol. The van der Waals surface area contributed by atoms with E-state index in [0.29, 0.717) is 5.57 Å². The van der Waals surface area contributed by atoms with E-state index < -0.39 is 5.97 Å². The number of carboxylic acid groups (broad SMARTS) is 1. The summed E-state index contributed by atoms with van der Waals surface area (Å²) < 4.78 is 0. The first-order chi connectivity index (χ1) is 6.63. The Bertz CT molecular complexity index is 389. The second kappa shape index (κ2) is 4.42. The maximum atomic E-state index is 10.6. The van der Waals surface area contributed by atoms with E-state index in [1.54, 1.807) is 19.1 Å². The van der Waals surface area contributed by atoms with Crippen molar-refractivity contribution in [1.82, 2.24) is 0 Å². The Hall–Kier alpha value is -1.83. The van der Waals surface area contributed by atoms with Gasteiger partial charge in [-0.2, -0.15) is 0 Å². The van der Waals surface area contributed by atoms with Crippen LogP contribution < -0.4 is 0 Å². The van der Waals surface area contributed by atoms with Gasteiger partial charge in [-0.25, -0.2) is 4.79 Å². The third kappa shape index (κ3) is 2.59. The molecule has 0 unspecified atom stereocenters. The molecule has 0 radical (unpaired) electrons. The predicted molar refractivity (Wildman–Crippen MR) is 57.8 cm³/mol.